The van der Waals surface area contributed by atoms with Gasteiger partial charge in [-0.2, -0.15) is 0 Å². The molecule has 0 heteroatoms. The van der Waals surface area contributed by atoms with E-state index < -0.39 is 0 Å². The molecule has 0 atom stereocenters. The lowest BCUT2D eigenvalue weighted by atomic mass is 9.92. The number of hydrogen-bond donors (Lipinski definition) is 0. The Morgan fingerprint density at radius 3 is 2.24 bits per heavy atom. The van der Waals surface area contributed by atoms with E-state index >= 15 is 0 Å². The van der Waals surface area contributed by atoms with Gasteiger partial charge in [-0.25, -0.2) is 0 Å². The van der Waals surface area contributed by atoms with Crippen molar-refractivity contribution in [2.75, 3.05) is 0 Å². The van der Waals surface area contributed by atoms with E-state index in [0.29, 0.717) is 0 Å². The van der Waals surface area contributed by atoms with Gasteiger partial charge in [0.05, 0.1) is 0 Å². The van der Waals surface area contributed by atoms with Crippen molar-refractivity contribution in [2.45, 2.75) is 39.5 Å². The molecule has 0 N–H and O–H groups in total. The molecule has 0 aliphatic heterocycles. The summed E-state index contributed by atoms with van der Waals surface area (Å²) in [6, 6.07) is 17.6. The van der Waals surface area contributed by atoms with Gasteiger partial charge in [-0.15, -0.1) is 0 Å². The van der Waals surface area contributed by atoms with Crippen LogP contribution in [0.3, 0.4) is 0 Å². The Balaban J connectivity index is 2.13. The Morgan fingerprint density at radius 1 is 0.762 bits per heavy atom. The van der Waals surface area contributed by atoms with Crippen molar-refractivity contribution in [3.63, 3.8) is 0 Å². The molecular formula is C21H23. The Labute approximate surface area is 128 Å². The average molecular weight is 275 g/mol. The predicted molar refractivity (Wildman–Crippen MR) is 92.0 cm³/mol. The molecule has 1 aliphatic carbocycles. The predicted octanol–water partition coefficient (Wildman–Crippen LogP) is 5.92. The summed E-state index contributed by atoms with van der Waals surface area (Å²) in [5, 5.41) is 0. The number of benzene rings is 2. The topological polar surface area (TPSA) is 0 Å². The molecule has 3 rings (SSSR count). The first-order chi connectivity index (χ1) is 10.3. The van der Waals surface area contributed by atoms with Crippen LogP contribution in [-0.2, 0) is 6.42 Å². The second-order valence-corrected chi connectivity index (χ2v) is 5.78. The van der Waals surface area contributed by atoms with Gasteiger partial charge in [-0.1, -0.05) is 75.2 Å². The summed E-state index contributed by atoms with van der Waals surface area (Å²) in [5.74, 6) is 0. The Bertz CT molecular complexity index is 647. The lowest BCUT2D eigenvalue weighted by molar-refractivity contribution is 0.911. The van der Waals surface area contributed by atoms with Crippen LogP contribution in [0.5, 0.6) is 0 Å². The molecule has 0 aromatic heterocycles. The first-order valence-corrected chi connectivity index (χ1v) is 8.10. The highest BCUT2D eigenvalue weighted by atomic mass is 14.3. The first kappa shape index (κ1) is 14.1. The van der Waals surface area contributed by atoms with Gasteiger partial charge in [0.25, 0.3) is 0 Å². The van der Waals surface area contributed by atoms with Crippen molar-refractivity contribution >= 4 is 11.1 Å². The quantitative estimate of drug-likeness (QED) is 0.635. The van der Waals surface area contributed by atoms with E-state index in [1.165, 1.54) is 47.1 Å². The maximum Gasteiger partial charge on any atom is 0.0214 e. The third kappa shape index (κ3) is 2.68. The van der Waals surface area contributed by atoms with E-state index in [4.69, 9.17) is 0 Å². The number of rotatable bonds is 5. The van der Waals surface area contributed by atoms with E-state index in [9.17, 15) is 0 Å². The van der Waals surface area contributed by atoms with Gasteiger partial charge in [0.1, 0.15) is 0 Å². The molecule has 0 heterocycles. The molecule has 0 nitrogen and oxygen atoms in total. The third-order valence-corrected chi connectivity index (χ3v) is 4.21. The largest absolute Gasteiger partial charge is 0.0651 e. The molecule has 2 aromatic rings. The second-order valence-electron chi connectivity index (χ2n) is 5.78. The van der Waals surface area contributed by atoms with Crippen LogP contribution in [0.2, 0.25) is 0 Å². The molecular weight excluding hydrogens is 252 g/mol. The Hall–Kier alpha value is -1.82. The summed E-state index contributed by atoms with van der Waals surface area (Å²) in [6.45, 7) is 4.54. The monoisotopic (exact) mass is 275 g/mol. The number of allylic oxidation sites excluding steroid dienone is 2. The molecule has 0 unspecified atom stereocenters. The minimum Gasteiger partial charge on any atom is -0.0651 e. The highest BCUT2D eigenvalue weighted by Crippen LogP contribution is 2.43. The fourth-order valence-electron chi connectivity index (χ4n) is 3.35. The van der Waals surface area contributed by atoms with Crippen molar-refractivity contribution in [1.29, 1.82) is 0 Å². The van der Waals surface area contributed by atoms with Crippen LogP contribution in [0.4, 0.5) is 0 Å². The van der Waals surface area contributed by atoms with Gasteiger partial charge in [0.15, 0.2) is 0 Å². The van der Waals surface area contributed by atoms with Crippen molar-refractivity contribution in [1.82, 2.24) is 0 Å². The Morgan fingerprint density at radius 2 is 1.52 bits per heavy atom. The van der Waals surface area contributed by atoms with Crippen LogP contribution in [0, 0.1) is 6.42 Å². The molecule has 0 spiro atoms. The number of hydrogen-bond acceptors (Lipinski definition) is 0. The van der Waals surface area contributed by atoms with Gasteiger partial charge >= 0.3 is 0 Å². The second kappa shape index (κ2) is 6.30. The lowest BCUT2D eigenvalue weighted by Crippen LogP contribution is -1.94. The molecule has 1 radical (unpaired) electrons. The van der Waals surface area contributed by atoms with E-state index in [1.54, 1.807) is 5.57 Å². The van der Waals surface area contributed by atoms with Gasteiger partial charge in [0.2, 0.25) is 0 Å². The lowest BCUT2D eigenvalue weighted by Gasteiger charge is -2.12. The summed E-state index contributed by atoms with van der Waals surface area (Å²) in [4.78, 5) is 0. The zero-order valence-electron chi connectivity index (χ0n) is 13.0. The molecule has 0 fully saturated rings. The van der Waals surface area contributed by atoms with Crippen LogP contribution in [-0.4, -0.2) is 0 Å². The van der Waals surface area contributed by atoms with Gasteiger partial charge in [-0.3, -0.25) is 0 Å². The first-order valence-electron chi connectivity index (χ1n) is 8.10. The molecule has 2 aromatic carbocycles. The van der Waals surface area contributed by atoms with Crippen LogP contribution in [0.1, 0.15) is 55.4 Å². The maximum atomic E-state index is 2.38. The van der Waals surface area contributed by atoms with E-state index in [-0.39, 0.29) is 0 Å². The standard InChI is InChI=1S/C21H23/c1-3-9-17-13-8-14-18-15-20(16-11-6-5-7-12-16)19(10-4-2)21(17)18/h5-8,11-15H,3-4,9-10H2,1-2H3. The van der Waals surface area contributed by atoms with Gasteiger partial charge in [0, 0.05) is 6.42 Å². The van der Waals surface area contributed by atoms with Crippen LogP contribution in [0.15, 0.2) is 48.5 Å². The fraction of sp³-hybridized carbons (Fsp3) is 0.286. The zero-order valence-corrected chi connectivity index (χ0v) is 13.0. The zero-order chi connectivity index (χ0) is 14.7. The van der Waals surface area contributed by atoms with Crippen LogP contribution < -0.4 is 0 Å². The summed E-state index contributed by atoms with van der Waals surface area (Å²) in [7, 11) is 0. The highest BCUT2D eigenvalue weighted by Gasteiger charge is 2.24. The number of fused-ring (bicyclic) bond motifs is 1. The van der Waals surface area contributed by atoms with Gasteiger partial charge in [-0.05, 0) is 46.2 Å². The number of aryl methyl sites for hydroxylation is 1. The van der Waals surface area contributed by atoms with Crippen molar-refractivity contribution < 1.29 is 0 Å². The van der Waals surface area contributed by atoms with Crippen molar-refractivity contribution in [2.24, 2.45) is 0 Å². The molecule has 0 bridgehead atoms. The SMILES string of the molecule is CCCC1=C(c2ccccc2)[CH]c2cccc(CCC)c21. The van der Waals surface area contributed by atoms with Crippen molar-refractivity contribution in [3.8, 4) is 0 Å². The summed E-state index contributed by atoms with van der Waals surface area (Å²) >= 11 is 0. The fourth-order valence-corrected chi connectivity index (χ4v) is 3.35. The summed E-state index contributed by atoms with van der Waals surface area (Å²) in [5.41, 5.74) is 8.75. The molecule has 1 aliphatic rings. The van der Waals surface area contributed by atoms with Gasteiger partial charge < -0.3 is 0 Å². The maximum absolute atomic E-state index is 2.38. The molecule has 0 amide bonds. The third-order valence-electron chi connectivity index (χ3n) is 4.21. The highest BCUT2D eigenvalue weighted by molar-refractivity contribution is 6.02. The minimum absolute atomic E-state index is 1.16. The van der Waals surface area contributed by atoms with Crippen molar-refractivity contribution in [3.05, 3.63) is 77.2 Å². The van der Waals surface area contributed by atoms with E-state index in [2.05, 4.69) is 68.8 Å². The molecule has 107 valence electrons. The summed E-state index contributed by atoms with van der Waals surface area (Å²) < 4.78 is 0. The Kier molecular flexibility index (Phi) is 4.24. The smallest absolute Gasteiger partial charge is 0.0214 e. The van der Waals surface area contributed by atoms with E-state index in [1.807, 2.05) is 0 Å². The minimum atomic E-state index is 1.16. The molecule has 21 heavy (non-hydrogen) atoms. The molecule has 0 saturated heterocycles. The average Bonchev–Trinajstić information content (AvgIpc) is 2.89. The molecule has 0 saturated carbocycles. The van der Waals surface area contributed by atoms with Crippen LogP contribution in [0.25, 0.3) is 11.1 Å². The van der Waals surface area contributed by atoms with Crippen LogP contribution >= 0.6 is 0 Å². The van der Waals surface area contributed by atoms with E-state index in [0.717, 1.165) is 6.42 Å². The summed E-state index contributed by atoms with van der Waals surface area (Å²) in [6.07, 6.45) is 7.12. The normalized spacial score (nSPS) is 13.6.